The Kier molecular flexibility index (Phi) is 7.87. The number of rotatable bonds is 10. The summed E-state index contributed by atoms with van der Waals surface area (Å²) in [5.74, 6) is 1.58. The molecule has 3 heterocycles. The van der Waals surface area contributed by atoms with Gasteiger partial charge in [0.2, 0.25) is 6.23 Å². The molecule has 188 valence electrons. The van der Waals surface area contributed by atoms with Crippen LogP contribution in [-0.2, 0) is 11.2 Å². The van der Waals surface area contributed by atoms with Crippen molar-refractivity contribution in [2.24, 2.45) is 5.92 Å². The molecule has 3 aromatic carbocycles. The molecule has 0 spiro atoms. The number of anilines is 1. The van der Waals surface area contributed by atoms with Gasteiger partial charge in [0.1, 0.15) is 5.75 Å². The fourth-order valence-corrected chi connectivity index (χ4v) is 5.78. The third-order valence-corrected chi connectivity index (χ3v) is 7.86. The van der Waals surface area contributed by atoms with Crippen LogP contribution in [0.25, 0.3) is 0 Å². The molecular weight excluding hydrogens is 448 g/mol. The second-order valence-corrected chi connectivity index (χ2v) is 10.1. The predicted molar refractivity (Wildman–Crippen MR) is 143 cm³/mol. The molecule has 0 aliphatic carbocycles. The summed E-state index contributed by atoms with van der Waals surface area (Å²) in [6, 6.07) is 30.2. The van der Waals surface area contributed by atoms with E-state index in [0.717, 1.165) is 54.8 Å². The fourth-order valence-electron chi connectivity index (χ4n) is 5.78. The first-order valence-electron chi connectivity index (χ1n) is 13.3. The van der Waals surface area contributed by atoms with Crippen LogP contribution in [0, 0.1) is 5.92 Å². The van der Waals surface area contributed by atoms with Crippen LogP contribution in [0.15, 0.2) is 91.0 Å². The lowest BCUT2D eigenvalue weighted by Gasteiger charge is -2.53. The highest BCUT2D eigenvalue weighted by Gasteiger charge is 2.49. The van der Waals surface area contributed by atoms with Crippen molar-refractivity contribution in [3.05, 3.63) is 96.6 Å². The quantitative estimate of drug-likeness (QED) is 0.250. The molecule has 0 unspecified atom stereocenters. The van der Waals surface area contributed by atoms with Crippen LogP contribution in [0.4, 0.5) is 10.5 Å². The topological polar surface area (TPSA) is 38.8 Å². The number of carbonyl (C=O) groups excluding carboxylic acids is 1. The Labute approximate surface area is 214 Å². The van der Waals surface area contributed by atoms with Gasteiger partial charge in [-0.05, 0) is 42.2 Å². The van der Waals surface area contributed by atoms with Crippen LogP contribution >= 0.6 is 0 Å². The van der Waals surface area contributed by atoms with Crippen molar-refractivity contribution in [2.75, 3.05) is 37.7 Å². The van der Waals surface area contributed by atoms with Crippen molar-refractivity contribution < 1.29 is 18.8 Å². The average Bonchev–Trinajstić information content (AvgIpc) is 2.94. The minimum absolute atomic E-state index is 0.0790. The molecule has 3 aliphatic heterocycles. The zero-order valence-corrected chi connectivity index (χ0v) is 21.0. The summed E-state index contributed by atoms with van der Waals surface area (Å²) in [6.07, 6.45) is 4.84. The molecule has 3 fully saturated rings. The summed E-state index contributed by atoms with van der Waals surface area (Å²) in [5.41, 5.74) is 2.10. The molecule has 0 aromatic heterocycles. The highest BCUT2D eigenvalue weighted by atomic mass is 16.6. The highest BCUT2D eigenvalue weighted by Crippen LogP contribution is 2.39. The molecule has 3 aromatic rings. The third-order valence-electron chi connectivity index (χ3n) is 7.86. The minimum Gasteiger partial charge on any atom is -0.493 e. The van der Waals surface area contributed by atoms with Crippen molar-refractivity contribution in [2.45, 2.75) is 38.3 Å². The summed E-state index contributed by atoms with van der Waals surface area (Å²) in [7, 11) is 0. The molecule has 5 heteroatoms. The Bertz CT molecular complexity index is 1080. The second-order valence-electron chi connectivity index (χ2n) is 10.1. The first kappa shape index (κ1) is 24.4. The molecule has 1 amide bonds. The normalized spacial score (nSPS) is 22.7. The van der Waals surface area contributed by atoms with Gasteiger partial charge < -0.3 is 9.47 Å². The van der Waals surface area contributed by atoms with E-state index in [9.17, 15) is 4.79 Å². The van der Waals surface area contributed by atoms with Gasteiger partial charge in [-0.3, -0.25) is 9.38 Å². The van der Waals surface area contributed by atoms with Crippen LogP contribution in [0.5, 0.6) is 5.75 Å². The van der Waals surface area contributed by atoms with E-state index in [1.54, 1.807) is 0 Å². The monoisotopic (exact) mass is 485 g/mol. The average molecular weight is 486 g/mol. The smallest absolute Gasteiger partial charge is 0.418 e. The van der Waals surface area contributed by atoms with Gasteiger partial charge in [-0.2, -0.15) is 0 Å². The molecule has 3 saturated heterocycles. The molecule has 0 radical (unpaired) electrons. The van der Waals surface area contributed by atoms with E-state index >= 15 is 0 Å². The maximum atomic E-state index is 13.6. The fraction of sp³-hybridized carbons (Fsp3) is 0.387. The number of para-hydroxylation sites is 2. The summed E-state index contributed by atoms with van der Waals surface area (Å²) < 4.78 is 13.2. The van der Waals surface area contributed by atoms with Gasteiger partial charge in [0.25, 0.3) is 0 Å². The van der Waals surface area contributed by atoms with Crippen molar-refractivity contribution in [1.29, 1.82) is 0 Å². The number of fused-ring (bicyclic) bond motifs is 3. The van der Waals surface area contributed by atoms with E-state index in [1.165, 1.54) is 18.4 Å². The Balaban J connectivity index is 1.24. The number of hydrogen-bond donors (Lipinski definition) is 0. The van der Waals surface area contributed by atoms with Crippen LogP contribution in [0.1, 0.15) is 31.2 Å². The lowest BCUT2D eigenvalue weighted by atomic mass is 9.84. The predicted octanol–water partition coefficient (Wildman–Crippen LogP) is 6.30. The Hall–Kier alpha value is -3.31. The lowest BCUT2D eigenvalue weighted by molar-refractivity contribution is -0.984. The summed E-state index contributed by atoms with van der Waals surface area (Å²) in [6.45, 7) is 4.43. The van der Waals surface area contributed by atoms with Crippen LogP contribution in [0.2, 0.25) is 0 Å². The van der Waals surface area contributed by atoms with Crippen molar-refractivity contribution >= 4 is 11.8 Å². The maximum Gasteiger partial charge on any atom is 0.418 e. The van der Waals surface area contributed by atoms with Gasteiger partial charge in [-0.1, -0.05) is 66.7 Å². The van der Waals surface area contributed by atoms with Crippen molar-refractivity contribution in [3.8, 4) is 5.75 Å². The van der Waals surface area contributed by atoms with E-state index in [-0.39, 0.29) is 12.3 Å². The molecule has 1 atom stereocenters. The highest BCUT2D eigenvalue weighted by molar-refractivity contribution is 5.87. The number of quaternary nitrogens is 1. The molecule has 0 saturated carbocycles. The SMILES string of the molecule is O=C(O[C@@H]1CC2CC[N+]1(CCCOc1ccccc1)CC2)N(CCc1ccccc1)c1ccccc1. The first-order valence-corrected chi connectivity index (χ1v) is 13.3. The van der Waals surface area contributed by atoms with Gasteiger partial charge in [-0.15, -0.1) is 0 Å². The second kappa shape index (κ2) is 11.6. The zero-order chi connectivity index (χ0) is 24.6. The van der Waals surface area contributed by atoms with Crippen LogP contribution < -0.4 is 9.64 Å². The zero-order valence-electron chi connectivity index (χ0n) is 21.0. The number of carbonyl (C=O) groups is 1. The first-order chi connectivity index (χ1) is 17.7. The van der Waals surface area contributed by atoms with Crippen LogP contribution in [0.3, 0.4) is 0 Å². The number of amides is 1. The van der Waals surface area contributed by atoms with Gasteiger partial charge >= 0.3 is 6.09 Å². The standard InChI is InChI=1S/C31H37N2O3/c34-31(32(28-13-6-2-7-14-28)20-17-26-11-4-1-5-12-26)36-30-25-27-18-22-33(30,23-19-27)21-10-24-35-29-15-8-3-9-16-29/h1-9,11-16,27,30H,10,17-25H2/q+1/t27?,30-,33?/m1/s1. The Morgan fingerprint density at radius 2 is 1.50 bits per heavy atom. The molecule has 36 heavy (non-hydrogen) atoms. The van der Waals surface area contributed by atoms with Crippen molar-refractivity contribution in [3.63, 3.8) is 0 Å². The van der Waals surface area contributed by atoms with Gasteiger partial charge in [-0.25, -0.2) is 4.79 Å². The molecule has 0 N–H and O–H groups in total. The minimum atomic E-state index is -0.229. The Morgan fingerprint density at radius 3 is 2.19 bits per heavy atom. The van der Waals surface area contributed by atoms with E-state index in [4.69, 9.17) is 9.47 Å². The van der Waals surface area contributed by atoms with Crippen molar-refractivity contribution in [1.82, 2.24) is 0 Å². The van der Waals surface area contributed by atoms with Gasteiger partial charge in [0.15, 0.2) is 0 Å². The van der Waals surface area contributed by atoms with Crippen LogP contribution in [-0.4, -0.2) is 49.6 Å². The van der Waals surface area contributed by atoms with Gasteiger partial charge in [0.05, 0.1) is 26.2 Å². The number of nitrogens with zero attached hydrogens (tertiary/aromatic N) is 2. The lowest BCUT2D eigenvalue weighted by Crippen LogP contribution is -2.66. The van der Waals surface area contributed by atoms with E-state index in [2.05, 4.69) is 12.1 Å². The molecular formula is C31H37N2O3+. The maximum absolute atomic E-state index is 13.6. The van der Waals surface area contributed by atoms with Gasteiger partial charge in [0, 0.05) is 37.9 Å². The van der Waals surface area contributed by atoms with E-state index in [0.29, 0.717) is 19.1 Å². The molecule has 3 aliphatic rings. The Morgan fingerprint density at radius 1 is 0.861 bits per heavy atom. The molecule has 2 bridgehead atoms. The van der Waals surface area contributed by atoms with E-state index in [1.807, 2.05) is 83.8 Å². The third kappa shape index (κ3) is 5.90. The summed E-state index contributed by atoms with van der Waals surface area (Å²) in [4.78, 5) is 15.4. The number of ether oxygens (including phenoxy) is 2. The largest absolute Gasteiger partial charge is 0.493 e. The number of benzene rings is 3. The molecule has 6 rings (SSSR count). The summed E-state index contributed by atoms with van der Waals surface area (Å²) in [5, 5.41) is 0. The molecule has 5 nitrogen and oxygen atoms in total. The number of piperidine rings is 3. The van der Waals surface area contributed by atoms with E-state index < -0.39 is 0 Å². The summed E-state index contributed by atoms with van der Waals surface area (Å²) >= 11 is 0. The number of hydrogen-bond acceptors (Lipinski definition) is 3.